The van der Waals surface area contributed by atoms with Crippen molar-refractivity contribution in [2.75, 3.05) is 10.6 Å². The second-order valence-corrected chi connectivity index (χ2v) is 5.60. The van der Waals surface area contributed by atoms with E-state index in [0.29, 0.717) is 12.3 Å². The Bertz CT molecular complexity index is 766. The fraction of sp³-hybridized carbons (Fsp3) is 0.188. The molecule has 0 saturated carbocycles. The van der Waals surface area contributed by atoms with Crippen molar-refractivity contribution in [3.05, 3.63) is 59.8 Å². The zero-order valence-corrected chi connectivity index (χ0v) is 13.4. The number of carbonyl (C=O) groups excluding carboxylic acids is 1. The lowest BCUT2D eigenvalue weighted by atomic mass is 10.2. The third kappa shape index (κ3) is 3.95. The molecule has 7 heteroatoms. The minimum atomic E-state index is -0.262. The van der Waals surface area contributed by atoms with Gasteiger partial charge in [0.2, 0.25) is 5.13 Å². The Labute approximate surface area is 137 Å². The molecule has 1 amide bonds. The quantitative estimate of drug-likeness (QED) is 0.723. The van der Waals surface area contributed by atoms with Gasteiger partial charge in [-0.2, -0.15) is 4.37 Å². The maximum atomic E-state index is 11.9. The van der Waals surface area contributed by atoms with Gasteiger partial charge in [-0.3, -0.25) is 4.79 Å². The monoisotopic (exact) mass is 328 g/mol. The van der Waals surface area contributed by atoms with Gasteiger partial charge in [0, 0.05) is 30.2 Å². The molecule has 0 aliphatic rings. The normalized spacial score (nSPS) is 10.5. The van der Waals surface area contributed by atoms with E-state index >= 15 is 0 Å². The molecule has 0 atom stereocenters. The lowest BCUT2D eigenvalue weighted by molar-refractivity contribution is 0.0996. The molecule has 0 fully saturated rings. The van der Waals surface area contributed by atoms with Crippen molar-refractivity contribution in [2.24, 2.45) is 0 Å². The number of rotatable bonds is 6. The average molecular weight is 328 g/mol. The maximum absolute atomic E-state index is 11.9. The van der Waals surface area contributed by atoms with Crippen LogP contribution in [0.15, 0.2) is 47.1 Å². The molecule has 23 heavy (non-hydrogen) atoms. The van der Waals surface area contributed by atoms with Crippen LogP contribution in [0.2, 0.25) is 0 Å². The van der Waals surface area contributed by atoms with Crippen molar-refractivity contribution in [1.82, 2.24) is 9.36 Å². The number of amides is 1. The van der Waals surface area contributed by atoms with Gasteiger partial charge in [0.1, 0.15) is 5.82 Å². The van der Waals surface area contributed by atoms with Crippen LogP contribution in [-0.4, -0.2) is 15.3 Å². The average Bonchev–Trinajstić information content (AvgIpc) is 3.26. The molecule has 0 aliphatic carbocycles. The minimum absolute atomic E-state index is 0.262. The highest BCUT2D eigenvalue weighted by molar-refractivity contribution is 7.09. The van der Waals surface area contributed by atoms with Crippen LogP contribution in [0.5, 0.6) is 0 Å². The number of aryl methyl sites for hydroxylation is 1. The summed E-state index contributed by atoms with van der Waals surface area (Å²) in [6, 6.07) is 10.9. The lowest BCUT2D eigenvalue weighted by Crippen LogP contribution is -2.10. The lowest BCUT2D eigenvalue weighted by Gasteiger charge is -2.06. The van der Waals surface area contributed by atoms with E-state index < -0.39 is 0 Å². The fourth-order valence-electron chi connectivity index (χ4n) is 1.95. The summed E-state index contributed by atoms with van der Waals surface area (Å²) in [7, 11) is 0. The molecule has 1 aromatic carbocycles. The molecule has 3 aromatic rings. The summed E-state index contributed by atoms with van der Waals surface area (Å²) in [4.78, 5) is 16.2. The van der Waals surface area contributed by atoms with Gasteiger partial charge < -0.3 is 15.1 Å². The first-order valence-corrected chi connectivity index (χ1v) is 8.02. The molecule has 2 aromatic heterocycles. The molecule has 2 heterocycles. The van der Waals surface area contributed by atoms with E-state index in [1.165, 1.54) is 17.8 Å². The highest BCUT2D eigenvalue weighted by atomic mass is 32.1. The number of aromatic nitrogens is 2. The van der Waals surface area contributed by atoms with E-state index in [1.807, 2.05) is 31.2 Å². The molecule has 0 aliphatic heterocycles. The van der Waals surface area contributed by atoms with Crippen LogP contribution in [-0.2, 0) is 13.0 Å². The SMILES string of the molecule is CCc1nsc(NCc2ccc(NC(=O)c3ccco3)cc2)n1. The van der Waals surface area contributed by atoms with Gasteiger partial charge in [-0.25, -0.2) is 4.98 Å². The van der Waals surface area contributed by atoms with Crippen molar-refractivity contribution >= 4 is 28.3 Å². The van der Waals surface area contributed by atoms with E-state index in [9.17, 15) is 4.79 Å². The van der Waals surface area contributed by atoms with Crippen LogP contribution in [0.4, 0.5) is 10.8 Å². The van der Waals surface area contributed by atoms with E-state index in [0.717, 1.165) is 28.6 Å². The second kappa shape index (κ2) is 7.06. The molecule has 6 nitrogen and oxygen atoms in total. The Balaban J connectivity index is 1.55. The molecule has 0 unspecified atom stereocenters. The van der Waals surface area contributed by atoms with Gasteiger partial charge in [-0.15, -0.1) is 0 Å². The molecule has 0 bridgehead atoms. The van der Waals surface area contributed by atoms with Crippen LogP contribution in [0.1, 0.15) is 28.9 Å². The van der Waals surface area contributed by atoms with E-state index in [-0.39, 0.29) is 5.91 Å². The molecular formula is C16H16N4O2S. The standard InChI is InChI=1S/C16H16N4O2S/c1-2-14-19-16(23-20-14)17-10-11-5-7-12(8-6-11)18-15(21)13-4-3-9-22-13/h3-9H,2,10H2,1H3,(H,18,21)(H,17,19,20). The summed E-state index contributed by atoms with van der Waals surface area (Å²) in [6.07, 6.45) is 2.31. The first-order chi connectivity index (χ1) is 11.2. The third-order valence-electron chi connectivity index (χ3n) is 3.18. The number of nitrogens with one attached hydrogen (secondary N) is 2. The fourth-order valence-corrected chi connectivity index (χ4v) is 2.60. The van der Waals surface area contributed by atoms with Crippen LogP contribution < -0.4 is 10.6 Å². The predicted octanol–water partition coefficient (Wildman–Crippen LogP) is 3.56. The van der Waals surface area contributed by atoms with Crippen molar-refractivity contribution in [3.8, 4) is 0 Å². The number of furan rings is 1. The Hall–Kier alpha value is -2.67. The first-order valence-electron chi connectivity index (χ1n) is 7.25. The van der Waals surface area contributed by atoms with Gasteiger partial charge in [-0.05, 0) is 29.8 Å². The van der Waals surface area contributed by atoms with Gasteiger partial charge in [0.05, 0.1) is 6.26 Å². The summed E-state index contributed by atoms with van der Waals surface area (Å²) in [5.74, 6) is 0.883. The highest BCUT2D eigenvalue weighted by Gasteiger charge is 2.08. The summed E-state index contributed by atoms with van der Waals surface area (Å²) in [6.45, 7) is 2.69. The van der Waals surface area contributed by atoms with Gasteiger partial charge in [-0.1, -0.05) is 19.1 Å². The summed E-state index contributed by atoms with van der Waals surface area (Å²) in [5, 5.41) is 6.84. The molecule has 0 spiro atoms. The molecule has 3 rings (SSSR count). The molecule has 0 saturated heterocycles. The zero-order chi connectivity index (χ0) is 16.1. The first kappa shape index (κ1) is 15.2. The summed E-state index contributed by atoms with van der Waals surface area (Å²) >= 11 is 1.36. The number of anilines is 2. The Kier molecular flexibility index (Phi) is 4.68. The highest BCUT2D eigenvalue weighted by Crippen LogP contribution is 2.15. The Morgan fingerprint density at radius 3 is 2.74 bits per heavy atom. The zero-order valence-electron chi connectivity index (χ0n) is 12.6. The number of hydrogen-bond donors (Lipinski definition) is 2. The van der Waals surface area contributed by atoms with Crippen molar-refractivity contribution in [3.63, 3.8) is 0 Å². The van der Waals surface area contributed by atoms with E-state index in [2.05, 4.69) is 20.0 Å². The van der Waals surface area contributed by atoms with Gasteiger partial charge in [0.15, 0.2) is 5.76 Å². The van der Waals surface area contributed by atoms with Gasteiger partial charge in [0.25, 0.3) is 5.91 Å². The molecule has 118 valence electrons. The van der Waals surface area contributed by atoms with E-state index in [4.69, 9.17) is 4.42 Å². The second-order valence-electron chi connectivity index (χ2n) is 4.85. The van der Waals surface area contributed by atoms with Crippen molar-refractivity contribution in [1.29, 1.82) is 0 Å². The summed E-state index contributed by atoms with van der Waals surface area (Å²) < 4.78 is 9.29. The van der Waals surface area contributed by atoms with Crippen molar-refractivity contribution < 1.29 is 9.21 Å². The van der Waals surface area contributed by atoms with Crippen LogP contribution in [0.3, 0.4) is 0 Å². The third-order valence-corrected chi connectivity index (χ3v) is 3.90. The number of hydrogen-bond acceptors (Lipinski definition) is 6. The predicted molar refractivity (Wildman–Crippen MR) is 89.7 cm³/mol. The number of carbonyl (C=O) groups is 1. The molecule has 0 radical (unpaired) electrons. The smallest absolute Gasteiger partial charge is 0.291 e. The topological polar surface area (TPSA) is 80.0 Å². The summed E-state index contributed by atoms with van der Waals surface area (Å²) in [5.41, 5.74) is 1.81. The molecule has 2 N–H and O–H groups in total. The van der Waals surface area contributed by atoms with E-state index in [1.54, 1.807) is 12.1 Å². The maximum Gasteiger partial charge on any atom is 0.291 e. The molecular weight excluding hydrogens is 312 g/mol. The Morgan fingerprint density at radius 1 is 1.26 bits per heavy atom. The number of benzene rings is 1. The van der Waals surface area contributed by atoms with Crippen LogP contribution in [0.25, 0.3) is 0 Å². The Morgan fingerprint density at radius 2 is 2.09 bits per heavy atom. The van der Waals surface area contributed by atoms with Crippen LogP contribution >= 0.6 is 11.5 Å². The van der Waals surface area contributed by atoms with Crippen LogP contribution in [0, 0.1) is 0 Å². The van der Waals surface area contributed by atoms with Crippen molar-refractivity contribution in [2.45, 2.75) is 19.9 Å². The minimum Gasteiger partial charge on any atom is -0.459 e. The number of nitrogens with zero attached hydrogens (tertiary/aromatic N) is 2. The largest absolute Gasteiger partial charge is 0.459 e. The van der Waals surface area contributed by atoms with Gasteiger partial charge >= 0.3 is 0 Å².